The first-order valence-electron chi connectivity index (χ1n) is 28.2. The predicted molar refractivity (Wildman–Crippen MR) is 310 cm³/mol. The number of carboxylic acid groups (broad SMARTS) is 1. The standard InChI is InChI=1S/C35H40O3.C33H45BO3/c1-5-35(6-2,30-14-13-28(25(3)21-30)17-20-34(38)18-8-7-9-19-34)31-15-16-32(26(4)22-31)29-12-10-11-27(23-29)24-33(36)37;1-9-33(10-2,27-15-14-26(24(3)22-27)18-21-32(35)19-12-11-13-20-32)28-16-17-29(25(4)23-28)34-36-30(5,6)31(7,8)37-34/h10-16,21-23,38H,5-9,18-19,24H2,1-4H3,(H,36,37);14-17,22-23,35H,9-13,19-20H2,1-8H3. The molecule has 3 aliphatic rings. The van der Waals surface area contributed by atoms with E-state index in [1.54, 1.807) is 0 Å². The summed E-state index contributed by atoms with van der Waals surface area (Å²) < 4.78 is 12.7. The molecule has 75 heavy (non-hydrogen) atoms. The van der Waals surface area contributed by atoms with E-state index in [9.17, 15) is 20.1 Å². The average molecular weight is 1010 g/mol. The molecule has 2 aliphatic carbocycles. The second kappa shape index (κ2) is 23.5. The maximum atomic E-state index is 11.2. The first-order chi connectivity index (χ1) is 35.6. The third-order valence-electron chi connectivity index (χ3n) is 17.9. The minimum Gasteiger partial charge on any atom is -0.481 e. The normalized spacial score (nSPS) is 17.7. The van der Waals surface area contributed by atoms with Crippen LogP contribution in [0.5, 0.6) is 0 Å². The van der Waals surface area contributed by atoms with E-state index in [0.717, 1.165) is 116 Å². The molecular formula is C68H85BO6. The first kappa shape index (κ1) is 57.3. The zero-order valence-corrected chi connectivity index (χ0v) is 47.5. The Morgan fingerprint density at radius 1 is 0.547 bits per heavy atom. The minimum absolute atomic E-state index is 0.0266. The summed E-state index contributed by atoms with van der Waals surface area (Å²) in [6, 6.07) is 34.7. The fourth-order valence-corrected chi connectivity index (χ4v) is 12.1. The summed E-state index contributed by atoms with van der Waals surface area (Å²) in [7, 11) is -0.351. The summed E-state index contributed by atoms with van der Waals surface area (Å²) in [5.41, 5.74) is 13.4. The van der Waals surface area contributed by atoms with Gasteiger partial charge in [0.2, 0.25) is 0 Å². The number of hydrogen-bond acceptors (Lipinski definition) is 5. The number of carboxylic acids is 1. The molecule has 5 aromatic carbocycles. The van der Waals surface area contributed by atoms with Crippen molar-refractivity contribution in [1.82, 2.24) is 0 Å². The molecule has 0 atom stereocenters. The summed E-state index contributed by atoms with van der Waals surface area (Å²) in [6.07, 6.45) is 13.7. The lowest BCUT2D eigenvalue weighted by Gasteiger charge is -2.34. The van der Waals surface area contributed by atoms with E-state index in [1.807, 2.05) is 24.3 Å². The van der Waals surface area contributed by atoms with Gasteiger partial charge in [0.15, 0.2) is 0 Å². The Bertz CT molecular complexity index is 2940. The highest BCUT2D eigenvalue weighted by molar-refractivity contribution is 6.62. The van der Waals surface area contributed by atoms with E-state index in [2.05, 4.69) is 180 Å². The summed E-state index contributed by atoms with van der Waals surface area (Å²) in [5, 5.41) is 30.8. The van der Waals surface area contributed by atoms with Crippen LogP contribution in [0.2, 0.25) is 0 Å². The van der Waals surface area contributed by atoms with Gasteiger partial charge in [-0.3, -0.25) is 4.79 Å². The molecule has 2 saturated carbocycles. The van der Waals surface area contributed by atoms with Gasteiger partial charge >= 0.3 is 13.1 Å². The third-order valence-corrected chi connectivity index (χ3v) is 17.9. The van der Waals surface area contributed by atoms with Crippen LogP contribution in [0.15, 0.2) is 97.1 Å². The van der Waals surface area contributed by atoms with Crippen LogP contribution in [-0.4, -0.2) is 50.8 Å². The van der Waals surface area contributed by atoms with Crippen LogP contribution in [-0.2, 0) is 31.4 Å². The first-order valence-corrected chi connectivity index (χ1v) is 28.2. The fraction of sp³-hybridized carbons (Fsp3) is 0.485. The van der Waals surface area contributed by atoms with Crippen molar-refractivity contribution in [2.45, 2.75) is 213 Å². The summed E-state index contributed by atoms with van der Waals surface area (Å²) in [5.74, 6) is 12.2. The zero-order chi connectivity index (χ0) is 54.4. The van der Waals surface area contributed by atoms with Crippen LogP contribution < -0.4 is 5.46 Å². The number of aliphatic carboxylic acids is 1. The Hall–Kier alpha value is -5.41. The lowest BCUT2D eigenvalue weighted by molar-refractivity contribution is -0.136. The number of benzene rings is 5. The van der Waals surface area contributed by atoms with Crippen LogP contribution in [0.3, 0.4) is 0 Å². The van der Waals surface area contributed by atoms with Crippen molar-refractivity contribution in [3.8, 4) is 34.8 Å². The van der Waals surface area contributed by atoms with Crippen LogP contribution >= 0.6 is 0 Å². The van der Waals surface area contributed by atoms with Gasteiger partial charge < -0.3 is 24.6 Å². The van der Waals surface area contributed by atoms with Gasteiger partial charge in [-0.2, -0.15) is 0 Å². The Morgan fingerprint density at radius 2 is 0.960 bits per heavy atom. The zero-order valence-electron chi connectivity index (χ0n) is 47.5. The van der Waals surface area contributed by atoms with Gasteiger partial charge in [-0.05, 0) is 206 Å². The molecule has 0 aromatic heterocycles. The maximum absolute atomic E-state index is 11.2. The van der Waals surface area contributed by atoms with Gasteiger partial charge in [0.05, 0.1) is 17.6 Å². The van der Waals surface area contributed by atoms with Crippen LogP contribution in [0.1, 0.15) is 206 Å². The monoisotopic (exact) mass is 1010 g/mol. The average Bonchev–Trinajstić information content (AvgIpc) is 3.60. The summed E-state index contributed by atoms with van der Waals surface area (Å²) in [4.78, 5) is 11.2. The lowest BCUT2D eigenvalue weighted by Crippen LogP contribution is -2.41. The van der Waals surface area contributed by atoms with Gasteiger partial charge in [-0.1, -0.05) is 155 Å². The lowest BCUT2D eigenvalue weighted by atomic mass is 9.68. The molecule has 1 heterocycles. The molecule has 0 spiro atoms. The quantitative estimate of drug-likeness (QED) is 0.0851. The van der Waals surface area contributed by atoms with Gasteiger partial charge in [-0.25, -0.2) is 0 Å². The van der Waals surface area contributed by atoms with Crippen LogP contribution in [0.25, 0.3) is 11.1 Å². The molecule has 5 aromatic rings. The van der Waals surface area contributed by atoms with Crippen LogP contribution in [0, 0.1) is 51.4 Å². The molecule has 6 nitrogen and oxygen atoms in total. The minimum atomic E-state index is -0.841. The molecule has 1 aliphatic heterocycles. The van der Waals surface area contributed by atoms with Crippen molar-refractivity contribution < 1.29 is 29.4 Å². The van der Waals surface area contributed by atoms with Crippen molar-refractivity contribution in [1.29, 1.82) is 0 Å². The largest absolute Gasteiger partial charge is 0.495 e. The molecule has 8 rings (SSSR count). The van der Waals surface area contributed by atoms with E-state index in [4.69, 9.17) is 9.31 Å². The molecule has 1 saturated heterocycles. The predicted octanol–water partition coefficient (Wildman–Crippen LogP) is 14.5. The molecule has 0 amide bonds. The molecule has 0 radical (unpaired) electrons. The second-order valence-corrected chi connectivity index (χ2v) is 23.3. The van der Waals surface area contributed by atoms with E-state index in [1.165, 1.54) is 51.8 Å². The highest BCUT2D eigenvalue weighted by Crippen LogP contribution is 2.43. The molecule has 396 valence electrons. The smallest absolute Gasteiger partial charge is 0.481 e. The molecule has 0 unspecified atom stereocenters. The van der Waals surface area contributed by atoms with E-state index in [0.29, 0.717) is 0 Å². The second-order valence-electron chi connectivity index (χ2n) is 23.3. The molecule has 3 fully saturated rings. The Morgan fingerprint density at radius 3 is 1.36 bits per heavy atom. The Labute approximate surface area is 451 Å². The van der Waals surface area contributed by atoms with Gasteiger partial charge in [0.1, 0.15) is 11.2 Å². The van der Waals surface area contributed by atoms with Gasteiger partial charge in [0, 0.05) is 22.0 Å². The Balaban J connectivity index is 0.000000219. The number of aliphatic hydroxyl groups is 2. The van der Waals surface area contributed by atoms with E-state index < -0.39 is 17.2 Å². The van der Waals surface area contributed by atoms with E-state index >= 15 is 0 Å². The van der Waals surface area contributed by atoms with Crippen molar-refractivity contribution >= 4 is 18.6 Å². The maximum Gasteiger partial charge on any atom is 0.495 e. The number of hydrogen-bond donors (Lipinski definition) is 3. The summed E-state index contributed by atoms with van der Waals surface area (Å²) in [6.45, 7) is 26.0. The number of rotatable bonds is 12. The molecule has 0 bridgehead atoms. The van der Waals surface area contributed by atoms with Crippen molar-refractivity contribution in [3.63, 3.8) is 0 Å². The van der Waals surface area contributed by atoms with E-state index in [-0.39, 0.29) is 35.6 Å². The fourth-order valence-electron chi connectivity index (χ4n) is 12.1. The highest BCUT2D eigenvalue weighted by Gasteiger charge is 2.52. The molecule has 7 heteroatoms. The SMILES string of the molecule is CCC(CC)(c1ccc(C#CC2(O)CCCCC2)c(C)c1)c1ccc(-c2cccc(CC(=O)O)c2)c(C)c1.CCC(CC)(c1ccc(C#CC2(O)CCCCC2)c(C)c1)c1ccc(B2OC(C)(C)C(C)(C)O2)c(C)c1. The Kier molecular flexibility index (Phi) is 17.9. The van der Waals surface area contributed by atoms with Crippen molar-refractivity contribution in [2.24, 2.45) is 0 Å². The summed E-state index contributed by atoms with van der Waals surface area (Å²) >= 11 is 0. The molecule has 3 N–H and O–H groups in total. The van der Waals surface area contributed by atoms with Gasteiger partial charge in [0.25, 0.3) is 0 Å². The highest BCUT2D eigenvalue weighted by atomic mass is 16.7. The molecular weight excluding hydrogens is 924 g/mol. The van der Waals surface area contributed by atoms with Crippen LogP contribution in [0.4, 0.5) is 0 Å². The van der Waals surface area contributed by atoms with Crippen molar-refractivity contribution in [2.75, 3.05) is 0 Å². The third kappa shape index (κ3) is 12.6. The number of carbonyl (C=O) groups is 1. The number of aryl methyl sites for hydroxylation is 4. The van der Waals surface area contributed by atoms with Gasteiger partial charge in [-0.15, -0.1) is 0 Å². The topological polar surface area (TPSA) is 96.2 Å². The van der Waals surface area contributed by atoms with Crippen molar-refractivity contribution in [3.05, 3.63) is 158 Å².